The van der Waals surface area contributed by atoms with Crippen LogP contribution < -0.4 is 5.32 Å². The molecule has 108 valence electrons. The fourth-order valence-electron chi connectivity index (χ4n) is 2.37. The molecule has 19 heavy (non-hydrogen) atoms. The van der Waals surface area contributed by atoms with Gasteiger partial charge in [-0.05, 0) is 26.7 Å². The molecule has 0 saturated heterocycles. The average Bonchev–Trinajstić information content (AvgIpc) is 2.62. The van der Waals surface area contributed by atoms with E-state index in [0.29, 0.717) is 28.6 Å². The highest BCUT2D eigenvalue weighted by atomic mass is 79.9. The minimum absolute atomic E-state index is 0.0396. The van der Waals surface area contributed by atoms with Crippen LogP contribution in [0.1, 0.15) is 54.1 Å². The van der Waals surface area contributed by atoms with Gasteiger partial charge in [-0.3, -0.25) is 4.79 Å². The number of hydrogen-bond acceptors (Lipinski definition) is 2. The normalized spacial score (nSPS) is 12.8. The minimum atomic E-state index is -0.0396. The molecule has 1 heterocycles. The number of amides is 1. The van der Waals surface area contributed by atoms with E-state index in [9.17, 15) is 4.79 Å². The largest absolute Gasteiger partial charge is 0.466 e. The van der Waals surface area contributed by atoms with Crippen LogP contribution in [0, 0.1) is 26.7 Å². The lowest BCUT2D eigenvalue weighted by Gasteiger charge is -2.19. The van der Waals surface area contributed by atoms with Crippen LogP contribution >= 0.6 is 15.9 Å². The van der Waals surface area contributed by atoms with Gasteiger partial charge in [-0.1, -0.05) is 42.6 Å². The van der Waals surface area contributed by atoms with Crippen LogP contribution in [0.4, 0.5) is 0 Å². The number of nitrogens with one attached hydrogen (secondary N) is 1. The van der Waals surface area contributed by atoms with Crippen molar-refractivity contribution < 1.29 is 9.21 Å². The first-order valence-electron chi connectivity index (χ1n) is 6.91. The summed E-state index contributed by atoms with van der Waals surface area (Å²) in [6.45, 7) is 10.6. The van der Waals surface area contributed by atoms with Crippen molar-refractivity contribution in [2.24, 2.45) is 5.92 Å². The second-order valence-corrected chi connectivity index (χ2v) is 6.19. The van der Waals surface area contributed by atoms with E-state index >= 15 is 0 Å². The van der Waals surface area contributed by atoms with Crippen molar-refractivity contribution in [3.05, 3.63) is 22.6 Å². The molecule has 0 aliphatic heterocycles. The molecule has 0 spiro atoms. The Hall–Kier alpha value is -0.770. The fraction of sp³-hybridized carbons (Fsp3) is 0.667. The van der Waals surface area contributed by atoms with E-state index in [1.54, 1.807) is 0 Å². The van der Waals surface area contributed by atoms with E-state index in [0.717, 1.165) is 24.2 Å². The summed E-state index contributed by atoms with van der Waals surface area (Å²) in [6.07, 6.45) is 2.23. The number of aryl methyl sites for hydroxylation is 2. The maximum Gasteiger partial charge on any atom is 0.255 e. The highest BCUT2D eigenvalue weighted by molar-refractivity contribution is 9.09. The summed E-state index contributed by atoms with van der Waals surface area (Å²) >= 11 is 3.67. The molecule has 1 unspecified atom stereocenters. The molecule has 0 aliphatic carbocycles. The van der Waals surface area contributed by atoms with Crippen LogP contribution in [0.5, 0.6) is 0 Å². The van der Waals surface area contributed by atoms with E-state index in [4.69, 9.17) is 4.42 Å². The zero-order valence-corrected chi connectivity index (χ0v) is 14.1. The van der Waals surface area contributed by atoms with Crippen molar-refractivity contribution in [2.75, 3.05) is 6.54 Å². The Kier molecular flexibility index (Phi) is 6.11. The Morgan fingerprint density at radius 2 is 1.79 bits per heavy atom. The van der Waals surface area contributed by atoms with Crippen LogP contribution in [0.15, 0.2) is 4.42 Å². The van der Waals surface area contributed by atoms with E-state index < -0.39 is 0 Å². The Morgan fingerprint density at radius 1 is 1.21 bits per heavy atom. The monoisotopic (exact) mass is 329 g/mol. The number of furan rings is 1. The van der Waals surface area contributed by atoms with Gasteiger partial charge in [-0.2, -0.15) is 0 Å². The second-order valence-electron chi connectivity index (χ2n) is 5.02. The summed E-state index contributed by atoms with van der Waals surface area (Å²) in [6, 6.07) is 0. The molecular weight excluding hydrogens is 306 g/mol. The summed E-state index contributed by atoms with van der Waals surface area (Å²) < 4.78 is 5.49. The molecule has 0 saturated carbocycles. The van der Waals surface area contributed by atoms with Crippen molar-refractivity contribution >= 4 is 21.8 Å². The van der Waals surface area contributed by atoms with Gasteiger partial charge in [-0.25, -0.2) is 0 Å². The number of halogens is 1. The van der Waals surface area contributed by atoms with Gasteiger partial charge in [0.1, 0.15) is 11.5 Å². The molecule has 1 N–H and O–H groups in total. The SMILES string of the molecule is CCC(CC)C(Br)CNC(=O)c1c(C)oc(C)c1C. The Balaban J connectivity index is 2.66. The fourth-order valence-corrected chi connectivity index (χ4v) is 3.28. The van der Waals surface area contributed by atoms with Crippen molar-refractivity contribution in [1.29, 1.82) is 0 Å². The smallest absolute Gasteiger partial charge is 0.255 e. The molecule has 0 bridgehead atoms. The molecular formula is C15H24BrNO2. The maximum atomic E-state index is 12.2. The molecule has 1 amide bonds. The van der Waals surface area contributed by atoms with Gasteiger partial charge in [0.05, 0.1) is 5.56 Å². The van der Waals surface area contributed by atoms with E-state index in [1.165, 1.54) is 0 Å². The Labute approximate surface area is 124 Å². The van der Waals surface area contributed by atoms with Gasteiger partial charge < -0.3 is 9.73 Å². The molecule has 1 atom stereocenters. The molecule has 0 aromatic carbocycles. The van der Waals surface area contributed by atoms with E-state index in [1.807, 2.05) is 20.8 Å². The summed E-state index contributed by atoms with van der Waals surface area (Å²) in [7, 11) is 0. The average molecular weight is 330 g/mol. The lowest BCUT2D eigenvalue weighted by atomic mass is 9.99. The minimum Gasteiger partial charge on any atom is -0.466 e. The quantitative estimate of drug-likeness (QED) is 0.797. The molecule has 1 aromatic heterocycles. The first-order valence-corrected chi connectivity index (χ1v) is 7.82. The van der Waals surface area contributed by atoms with E-state index in [2.05, 4.69) is 35.1 Å². The van der Waals surface area contributed by atoms with Crippen molar-refractivity contribution in [3.8, 4) is 0 Å². The van der Waals surface area contributed by atoms with Gasteiger partial charge in [0.15, 0.2) is 0 Å². The predicted octanol–water partition coefficient (Wildman–Crippen LogP) is 4.13. The van der Waals surface area contributed by atoms with Gasteiger partial charge in [-0.15, -0.1) is 0 Å². The van der Waals surface area contributed by atoms with Gasteiger partial charge >= 0.3 is 0 Å². The van der Waals surface area contributed by atoms with Gasteiger partial charge in [0, 0.05) is 16.9 Å². The molecule has 3 nitrogen and oxygen atoms in total. The molecule has 0 aliphatic rings. The van der Waals surface area contributed by atoms with Crippen molar-refractivity contribution in [2.45, 2.75) is 52.3 Å². The lowest BCUT2D eigenvalue weighted by Crippen LogP contribution is -2.33. The van der Waals surface area contributed by atoms with Crippen LogP contribution in [0.25, 0.3) is 0 Å². The van der Waals surface area contributed by atoms with Crippen LogP contribution in [-0.2, 0) is 0 Å². The third-order valence-corrected chi connectivity index (χ3v) is 4.88. The standard InChI is InChI=1S/C15H24BrNO2/c1-6-12(7-2)13(16)8-17-15(18)14-9(3)10(4)19-11(14)5/h12-13H,6-8H2,1-5H3,(H,17,18). The van der Waals surface area contributed by atoms with Crippen LogP contribution in [-0.4, -0.2) is 17.3 Å². The first kappa shape index (κ1) is 16.3. The van der Waals surface area contributed by atoms with Crippen molar-refractivity contribution in [3.63, 3.8) is 0 Å². The number of rotatable bonds is 6. The second kappa shape index (κ2) is 7.13. The van der Waals surface area contributed by atoms with E-state index in [-0.39, 0.29) is 5.91 Å². The summed E-state index contributed by atoms with van der Waals surface area (Å²) in [4.78, 5) is 12.5. The Morgan fingerprint density at radius 3 is 2.21 bits per heavy atom. The molecule has 0 fully saturated rings. The lowest BCUT2D eigenvalue weighted by molar-refractivity contribution is 0.0950. The number of hydrogen-bond donors (Lipinski definition) is 1. The molecule has 0 radical (unpaired) electrons. The first-order chi connectivity index (χ1) is 8.92. The predicted molar refractivity (Wildman–Crippen MR) is 82.0 cm³/mol. The number of alkyl halides is 1. The summed E-state index contributed by atoms with van der Waals surface area (Å²) in [5, 5.41) is 3.00. The summed E-state index contributed by atoms with van der Waals surface area (Å²) in [5.41, 5.74) is 1.62. The van der Waals surface area contributed by atoms with Gasteiger partial charge in [0.2, 0.25) is 0 Å². The number of carbonyl (C=O) groups excluding carboxylic acids is 1. The zero-order chi connectivity index (χ0) is 14.6. The molecule has 4 heteroatoms. The molecule has 1 aromatic rings. The zero-order valence-electron chi connectivity index (χ0n) is 12.5. The highest BCUT2D eigenvalue weighted by Crippen LogP contribution is 2.22. The Bertz CT molecular complexity index is 436. The summed E-state index contributed by atoms with van der Waals surface area (Å²) in [5.74, 6) is 2.06. The van der Waals surface area contributed by atoms with Crippen LogP contribution in [0.2, 0.25) is 0 Å². The molecule has 1 rings (SSSR count). The van der Waals surface area contributed by atoms with Gasteiger partial charge in [0.25, 0.3) is 5.91 Å². The van der Waals surface area contributed by atoms with Crippen molar-refractivity contribution in [1.82, 2.24) is 5.32 Å². The third-order valence-electron chi connectivity index (χ3n) is 3.81. The third kappa shape index (κ3) is 3.85. The maximum absolute atomic E-state index is 12.2. The van der Waals surface area contributed by atoms with Crippen LogP contribution in [0.3, 0.4) is 0 Å². The number of carbonyl (C=O) groups is 1. The highest BCUT2D eigenvalue weighted by Gasteiger charge is 2.20. The topological polar surface area (TPSA) is 42.2 Å².